The van der Waals surface area contributed by atoms with Gasteiger partial charge < -0.3 is 14.5 Å². The highest BCUT2D eigenvalue weighted by Crippen LogP contribution is 2.20. The quantitative estimate of drug-likeness (QED) is 0.775. The molecule has 19 heavy (non-hydrogen) atoms. The van der Waals surface area contributed by atoms with E-state index in [1.807, 2.05) is 29.2 Å². The molecule has 0 radical (unpaired) electrons. The summed E-state index contributed by atoms with van der Waals surface area (Å²) in [5.74, 6) is 0. The summed E-state index contributed by atoms with van der Waals surface area (Å²) in [5.41, 5.74) is 3.45. The number of nitrogens with zero attached hydrogens (tertiary/aromatic N) is 3. The predicted molar refractivity (Wildman–Crippen MR) is 76.3 cm³/mol. The minimum absolute atomic E-state index is 0.801. The fraction of sp³-hybridized carbons (Fsp3) is 0.133. The van der Waals surface area contributed by atoms with Crippen LogP contribution in [0.25, 0.3) is 5.69 Å². The molecule has 0 fully saturated rings. The van der Waals surface area contributed by atoms with Crippen LogP contribution in [0.3, 0.4) is 0 Å². The average molecular weight is 252 g/mol. The van der Waals surface area contributed by atoms with E-state index in [4.69, 9.17) is 0 Å². The van der Waals surface area contributed by atoms with Crippen LogP contribution in [0.4, 0.5) is 5.69 Å². The van der Waals surface area contributed by atoms with Crippen LogP contribution in [0, 0.1) is 0 Å². The molecule has 2 heterocycles. The van der Waals surface area contributed by atoms with Crippen LogP contribution >= 0.6 is 0 Å². The molecule has 3 aromatic rings. The molecular weight excluding hydrogens is 236 g/mol. The zero-order chi connectivity index (χ0) is 13.1. The van der Waals surface area contributed by atoms with Crippen LogP contribution in [0.5, 0.6) is 0 Å². The number of anilines is 1. The summed E-state index contributed by atoms with van der Waals surface area (Å²) in [6.07, 6.45) is 7.60. The zero-order valence-electron chi connectivity index (χ0n) is 10.8. The van der Waals surface area contributed by atoms with Crippen molar-refractivity contribution in [2.45, 2.75) is 6.54 Å². The van der Waals surface area contributed by atoms with E-state index in [-0.39, 0.29) is 0 Å². The molecule has 96 valence electrons. The molecule has 0 saturated heterocycles. The van der Waals surface area contributed by atoms with Crippen molar-refractivity contribution < 1.29 is 0 Å². The Morgan fingerprint density at radius 2 is 2.00 bits per heavy atom. The maximum atomic E-state index is 4.09. The SMILES string of the molecule is Cn1cccc1CNc1ccccc1-n1ccnc1. The van der Waals surface area contributed by atoms with Crippen molar-refractivity contribution in [3.8, 4) is 5.69 Å². The van der Waals surface area contributed by atoms with Gasteiger partial charge in [0.05, 0.1) is 24.2 Å². The van der Waals surface area contributed by atoms with E-state index in [2.05, 4.69) is 52.4 Å². The molecule has 3 rings (SSSR count). The smallest absolute Gasteiger partial charge is 0.0992 e. The molecule has 4 nitrogen and oxygen atoms in total. The first kappa shape index (κ1) is 11.6. The normalized spacial score (nSPS) is 10.6. The third-order valence-corrected chi connectivity index (χ3v) is 3.20. The number of rotatable bonds is 4. The van der Waals surface area contributed by atoms with Gasteiger partial charge >= 0.3 is 0 Å². The molecule has 0 saturated carbocycles. The number of nitrogens with one attached hydrogen (secondary N) is 1. The Bertz CT molecular complexity index is 652. The largest absolute Gasteiger partial charge is 0.378 e. The van der Waals surface area contributed by atoms with E-state index in [0.717, 1.165) is 17.9 Å². The lowest BCUT2D eigenvalue weighted by atomic mass is 10.2. The van der Waals surface area contributed by atoms with Crippen LogP contribution in [0.15, 0.2) is 61.3 Å². The predicted octanol–water partition coefficient (Wildman–Crippen LogP) is 2.82. The van der Waals surface area contributed by atoms with E-state index in [9.17, 15) is 0 Å². The first-order valence-corrected chi connectivity index (χ1v) is 6.26. The maximum absolute atomic E-state index is 4.09. The van der Waals surface area contributed by atoms with E-state index in [1.54, 1.807) is 6.20 Å². The molecule has 0 atom stereocenters. The summed E-state index contributed by atoms with van der Waals surface area (Å²) < 4.78 is 4.13. The van der Waals surface area contributed by atoms with Crippen molar-refractivity contribution in [2.24, 2.45) is 7.05 Å². The second-order valence-corrected chi connectivity index (χ2v) is 4.45. The summed E-state index contributed by atoms with van der Waals surface area (Å²) in [4.78, 5) is 4.09. The number of benzene rings is 1. The zero-order valence-corrected chi connectivity index (χ0v) is 10.8. The molecule has 0 unspecified atom stereocenters. The van der Waals surface area contributed by atoms with Gasteiger partial charge in [0.25, 0.3) is 0 Å². The molecule has 0 amide bonds. The molecule has 0 spiro atoms. The van der Waals surface area contributed by atoms with Crippen molar-refractivity contribution in [3.05, 3.63) is 67.0 Å². The molecule has 1 aromatic carbocycles. The molecule has 0 aliphatic carbocycles. The van der Waals surface area contributed by atoms with Gasteiger partial charge in [-0.25, -0.2) is 4.98 Å². The Hall–Kier alpha value is -2.49. The van der Waals surface area contributed by atoms with Crippen molar-refractivity contribution >= 4 is 5.69 Å². The summed E-state index contributed by atoms with van der Waals surface area (Å²) in [5, 5.41) is 3.48. The Morgan fingerprint density at radius 1 is 1.11 bits per heavy atom. The second kappa shape index (κ2) is 5.02. The minimum Gasteiger partial charge on any atom is -0.378 e. The highest BCUT2D eigenvalue weighted by atomic mass is 15.1. The topological polar surface area (TPSA) is 34.8 Å². The van der Waals surface area contributed by atoms with Gasteiger partial charge in [0.2, 0.25) is 0 Å². The number of imidazole rings is 1. The highest BCUT2D eigenvalue weighted by molar-refractivity contribution is 5.60. The molecule has 1 N–H and O–H groups in total. The van der Waals surface area contributed by atoms with Gasteiger partial charge in [0.15, 0.2) is 0 Å². The molecule has 0 bridgehead atoms. The fourth-order valence-electron chi connectivity index (χ4n) is 2.12. The average Bonchev–Trinajstić information content (AvgIpc) is 3.08. The number of hydrogen-bond donors (Lipinski definition) is 1. The van der Waals surface area contributed by atoms with Crippen molar-refractivity contribution in [2.75, 3.05) is 5.32 Å². The Balaban J connectivity index is 1.84. The lowest BCUT2D eigenvalue weighted by Crippen LogP contribution is -2.06. The van der Waals surface area contributed by atoms with E-state index in [0.29, 0.717) is 0 Å². The third-order valence-electron chi connectivity index (χ3n) is 3.20. The van der Waals surface area contributed by atoms with Gasteiger partial charge in [0.1, 0.15) is 0 Å². The Morgan fingerprint density at radius 3 is 2.74 bits per heavy atom. The van der Waals surface area contributed by atoms with Gasteiger partial charge in [-0.05, 0) is 24.3 Å². The summed E-state index contributed by atoms with van der Waals surface area (Å²) >= 11 is 0. The van der Waals surface area contributed by atoms with Crippen LogP contribution < -0.4 is 5.32 Å². The Labute approximate surface area is 112 Å². The third kappa shape index (κ3) is 2.38. The van der Waals surface area contributed by atoms with Crippen LogP contribution in [0.1, 0.15) is 5.69 Å². The summed E-state index contributed by atoms with van der Waals surface area (Å²) in [7, 11) is 2.05. The fourth-order valence-corrected chi connectivity index (χ4v) is 2.12. The minimum atomic E-state index is 0.801. The van der Waals surface area contributed by atoms with Gasteiger partial charge in [-0.2, -0.15) is 0 Å². The lowest BCUT2D eigenvalue weighted by molar-refractivity contribution is 0.841. The van der Waals surface area contributed by atoms with Crippen LogP contribution in [-0.4, -0.2) is 14.1 Å². The molecule has 4 heteroatoms. The monoisotopic (exact) mass is 252 g/mol. The standard InChI is InChI=1S/C15H16N4/c1-18-9-4-5-13(18)11-17-14-6-2-3-7-15(14)19-10-8-16-12-19/h2-10,12,17H,11H2,1H3. The van der Waals surface area contributed by atoms with Crippen molar-refractivity contribution in [1.82, 2.24) is 14.1 Å². The summed E-state index contributed by atoms with van der Waals surface area (Å²) in [6.45, 7) is 0.801. The number of aromatic nitrogens is 3. The first-order valence-electron chi connectivity index (χ1n) is 6.26. The van der Waals surface area contributed by atoms with Gasteiger partial charge in [-0.15, -0.1) is 0 Å². The first-order chi connectivity index (χ1) is 9.34. The van der Waals surface area contributed by atoms with E-state index >= 15 is 0 Å². The van der Waals surface area contributed by atoms with E-state index in [1.165, 1.54) is 5.69 Å². The lowest BCUT2D eigenvalue weighted by Gasteiger charge is -2.12. The van der Waals surface area contributed by atoms with Gasteiger partial charge in [-0.1, -0.05) is 12.1 Å². The summed E-state index contributed by atoms with van der Waals surface area (Å²) in [6, 6.07) is 12.4. The molecule has 0 aliphatic rings. The number of hydrogen-bond acceptors (Lipinski definition) is 2. The van der Waals surface area contributed by atoms with Crippen LogP contribution in [-0.2, 0) is 13.6 Å². The van der Waals surface area contributed by atoms with E-state index < -0.39 is 0 Å². The number of para-hydroxylation sites is 2. The maximum Gasteiger partial charge on any atom is 0.0992 e. The van der Waals surface area contributed by atoms with Gasteiger partial charge in [0, 0.05) is 31.3 Å². The van der Waals surface area contributed by atoms with Crippen LogP contribution in [0.2, 0.25) is 0 Å². The van der Waals surface area contributed by atoms with Gasteiger partial charge in [-0.3, -0.25) is 0 Å². The van der Waals surface area contributed by atoms with Crippen molar-refractivity contribution in [1.29, 1.82) is 0 Å². The Kier molecular flexibility index (Phi) is 3.06. The molecular formula is C15H16N4. The molecule has 2 aromatic heterocycles. The molecule has 0 aliphatic heterocycles. The number of aryl methyl sites for hydroxylation is 1. The highest BCUT2D eigenvalue weighted by Gasteiger charge is 2.04. The van der Waals surface area contributed by atoms with Crippen molar-refractivity contribution in [3.63, 3.8) is 0 Å². The second-order valence-electron chi connectivity index (χ2n) is 4.45.